The Balaban J connectivity index is 2.38. The predicted molar refractivity (Wildman–Crippen MR) is 76.5 cm³/mol. The van der Waals surface area contributed by atoms with E-state index in [0.29, 0.717) is 16.5 Å². The Morgan fingerprint density at radius 3 is 2.81 bits per heavy atom. The van der Waals surface area contributed by atoms with Crippen molar-refractivity contribution < 1.29 is 14.8 Å². The molecule has 1 aromatic heterocycles. The molecule has 0 amide bonds. The SMILES string of the molecule is Cn1c(SCC(=O)O)nnc1-c1cc(Cl)cc([N+](=O)[O-])c1. The van der Waals surface area contributed by atoms with Gasteiger partial charge in [0.1, 0.15) is 0 Å². The van der Waals surface area contributed by atoms with Crippen LogP contribution in [0.1, 0.15) is 0 Å². The number of nitro benzene ring substituents is 1. The Kier molecular flexibility index (Phi) is 4.43. The summed E-state index contributed by atoms with van der Waals surface area (Å²) in [5, 5.41) is 27.9. The lowest BCUT2D eigenvalue weighted by Gasteiger charge is -2.03. The number of non-ortho nitro benzene ring substituents is 1. The van der Waals surface area contributed by atoms with Crippen LogP contribution in [0.2, 0.25) is 5.02 Å². The number of aliphatic carboxylic acids is 1. The Morgan fingerprint density at radius 1 is 1.48 bits per heavy atom. The highest BCUT2D eigenvalue weighted by molar-refractivity contribution is 7.99. The molecule has 21 heavy (non-hydrogen) atoms. The molecule has 0 aliphatic rings. The van der Waals surface area contributed by atoms with Gasteiger partial charge in [-0.1, -0.05) is 23.4 Å². The summed E-state index contributed by atoms with van der Waals surface area (Å²) in [4.78, 5) is 20.8. The minimum absolute atomic E-state index is 0.151. The molecule has 0 bridgehead atoms. The first-order valence-electron chi connectivity index (χ1n) is 5.58. The molecule has 1 heterocycles. The van der Waals surface area contributed by atoms with Crippen molar-refractivity contribution in [3.63, 3.8) is 0 Å². The summed E-state index contributed by atoms with van der Waals surface area (Å²) < 4.78 is 1.56. The zero-order valence-electron chi connectivity index (χ0n) is 10.7. The molecule has 0 spiro atoms. The first kappa shape index (κ1) is 15.3. The zero-order valence-corrected chi connectivity index (χ0v) is 12.3. The second-order valence-corrected chi connectivity index (χ2v) is 5.38. The Labute approximate surface area is 127 Å². The number of nitrogens with zero attached hydrogens (tertiary/aromatic N) is 4. The second-order valence-electron chi connectivity index (χ2n) is 4.00. The number of halogens is 1. The Morgan fingerprint density at radius 2 is 2.19 bits per heavy atom. The minimum Gasteiger partial charge on any atom is -0.481 e. The molecule has 2 rings (SSSR count). The van der Waals surface area contributed by atoms with E-state index in [1.165, 1.54) is 18.2 Å². The van der Waals surface area contributed by atoms with E-state index in [0.717, 1.165) is 11.8 Å². The second kappa shape index (κ2) is 6.10. The Bertz CT molecular complexity index is 718. The van der Waals surface area contributed by atoms with E-state index in [-0.39, 0.29) is 16.5 Å². The maximum absolute atomic E-state index is 10.8. The number of carbonyl (C=O) groups is 1. The van der Waals surface area contributed by atoms with E-state index >= 15 is 0 Å². The van der Waals surface area contributed by atoms with Crippen LogP contribution in [-0.2, 0) is 11.8 Å². The highest BCUT2D eigenvalue weighted by Crippen LogP contribution is 2.28. The average molecular weight is 329 g/mol. The zero-order chi connectivity index (χ0) is 15.6. The van der Waals surface area contributed by atoms with Gasteiger partial charge in [-0.15, -0.1) is 10.2 Å². The molecule has 0 aliphatic carbocycles. The average Bonchev–Trinajstić information content (AvgIpc) is 2.77. The van der Waals surface area contributed by atoms with Crippen molar-refractivity contribution in [1.29, 1.82) is 0 Å². The van der Waals surface area contributed by atoms with Crippen LogP contribution in [0.15, 0.2) is 23.4 Å². The quantitative estimate of drug-likeness (QED) is 0.508. The number of aromatic nitrogens is 3. The molecule has 0 unspecified atom stereocenters. The number of rotatable bonds is 5. The van der Waals surface area contributed by atoms with E-state index in [2.05, 4.69) is 10.2 Å². The van der Waals surface area contributed by atoms with Crippen LogP contribution in [0.3, 0.4) is 0 Å². The summed E-state index contributed by atoms with van der Waals surface area (Å²) in [5.41, 5.74) is 0.284. The van der Waals surface area contributed by atoms with E-state index in [4.69, 9.17) is 16.7 Å². The third-order valence-electron chi connectivity index (χ3n) is 2.51. The molecule has 0 saturated carbocycles. The molecule has 0 aliphatic heterocycles. The molecule has 2 aromatic rings. The molecule has 1 N–H and O–H groups in total. The first-order valence-corrected chi connectivity index (χ1v) is 6.94. The topological polar surface area (TPSA) is 111 Å². The predicted octanol–water partition coefficient (Wildman–Crippen LogP) is 2.22. The number of carboxylic acid groups (broad SMARTS) is 1. The van der Waals surface area contributed by atoms with Gasteiger partial charge in [-0.3, -0.25) is 14.9 Å². The van der Waals surface area contributed by atoms with Gasteiger partial charge in [0.15, 0.2) is 11.0 Å². The standard InChI is InChI=1S/C11H9ClN4O4S/c1-15-10(13-14-11(15)21-5-9(17)18)6-2-7(12)4-8(3-6)16(19)20/h2-4H,5H2,1H3,(H,17,18). The third kappa shape index (κ3) is 3.50. The van der Waals surface area contributed by atoms with Gasteiger partial charge < -0.3 is 9.67 Å². The van der Waals surface area contributed by atoms with Gasteiger partial charge in [0, 0.05) is 29.8 Å². The largest absolute Gasteiger partial charge is 0.481 e. The van der Waals surface area contributed by atoms with Crippen molar-refractivity contribution in [1.82, 2.24) is 14.8 Å². The molecule has 1 aromatic carbocycles. The van der Waals surface area contributed by atoms with Gasteiger partial charge in [-0.2, -0.15) is 0 Å². The van der Waals surface area contributed by atoms with Crippen LogP contribution < -0.4 is 0 Å². The highest BCUT2D eigenvalue weighted by atomic mass is 35.5. The summed E-state index contributed by atoms with van der Waals surface area (Å²) in [6.07, 6.45) is 0. The van der Waals surface area contributed by atoms with Crippen molar-refractivity contribution in [2.75, 3.05) is 5.75 Å². The van der Waals surface area contributed by atoms with Gasteiger partial charge in [0.05, 0.1) is 10.7 Å². The molecule has 8 nitrogen and oxygen atoms in total. The number of hydrogen-bond acceptors (Lipinski definition) is 6. The van der Waals surface area contributed by atoms with Crippen molar-refractivity contribution in [3.05, 3.63) is 33.3 Å². The molecule has 0 fully saturated rings. The van der Waals surface area contributed by atoms with Gasteiger partial charge in [0.2, 0.25) is 0 Å². The van der Waals surface area contributed by atoms with E-state index < -0.39 is 10.9 Å². The first-order chi connectivity index (χ1) is 9.88. The fourth-order valence-electron chi connectivity index (χ4n) is 1.63. The number of carboxylic acids is 1. The van der Waals surface area contributed by atoms with Gasteiger partial charge in [0.25, 0.3) is 5.69 Å². The van der Waals surface area contributed by atoms with Crippen LogP contribution in [0.4, 0.5) is 5.69 Å². The number of hydrogen-bond donors (Lipinski definition) is 1. The fraction of sp³-hybridized carbons (Fsp3) is 0.182. The molecule has 0 saturated heterocycles. The number of benzene rings is 1. The monoisotopic (exact) mass is 328 g/mol. The smallest absolute Gasteiger partial charge is 0.313 e. The number of thioether (sulfide) groups is 1. The summed E-state index contributed by atoms with van der Waals surface area (Å²) in [7, 11) is 1.65. The fourth-order valence-corrected chi connectivity index (χ4v) is 2.49. The molecule has 10 heteroatoms. The molecule has 0 atom stereocenters. The van der Waals surface area contributed by atoms with Gasteiger partial charge in [-0.05, 0) is 6.07 Å². The summed E-state index contributed by atoms with van der Waals surface area (Å²) in [6, 6.07) is 4.10. The lowest BCUT2D eigenvalue weighted by atomic mass is 10.2. The lowest BCUT2D eigenvalue weighted by molar-refractivity contribution is -0.384. The van der Waals surface area contributed by atoms with Crippen LogP contribution in [0.5, 0.6) is 0 Å². The molecular weight excluding hydrogens is 320 g/mol. The van der Waals surface area contributed by atoms with Crippen molar-refractivity contribution in [2.45, 2.75) is 5.16 Å². The van der Waals surface area contributed by atoms with E-state index in [9.17, 15) is 14.9 Å². The van der Waals surface area contributed by atoms with Crippen LogP contribution in [0, 0.1) is 10.1 Å². The van der Waals surface area contributed by atoms with Crippen LogP contribution >= 0.6 is 23.4 Å². The normalized spacial score (nSPS) is 10.6. The lowest BCUT2D eigenvalue weighted by Crippen LogP contribution is -2.01. The maximum Gasteiger partial charge on any atom is 0.313 e. The van der Waals surface area contributed by atoms with Crippen molar-refractivity contribution >= 4 is 35.0 Å². The molecule has 110 valence electrons. The van der Waals surface area contributed by atoms with Crippen molar-refractivity contribution in [3.8, 4) is 11.4 Å². The van der Waals surface area contributed by atoms with Gasteiger partial charge >= 0.3 is 5.97 Å². The molecular formula is C11H9ClN4O4S. The Hall–Kier alpha value is -2.13. The highest BCUT2D eigenvalue weighted by Gasteiger charge is 2.16. The van der Waals surface area contributed by atoms with E-state index in [1.807, 2.05) is 0 Å². The van der Waals surface area contributed by atoms with Crippen molar-refractivity contribution in [2.24, 2.45) is 7.05 Å². The minimum atomic E-state index is -0.969. The summed E-state index contributed by atoms with van der Waals surface area (Å²) in [5.74, 6) is -0.752. The molecule has 0 radical (unpaired) electrons. The third-order valence-corrected chi connectivity index (χ3v) is 3.73. The van der Waals surface area contributed by atoms with Gasteiger partial charge in [-0.25, -0.2) is 0 Å². The van der Waals surface area contributed by atoms with Crippen LogP contribution in [-0.4, -0.2) is 36.5 Å². The summed E-state index contributed by atoms with van der Waals surface area (Å²) in [6.45, 7) is 0. The van der Waals surface area contributed by atoms with E-state index in [1.54, 1.807) is 11.6 Å². The van der Waals surface area contributed by atoms with Crippen LogP contribution in [0.25, 0.3) is 11.4 Å². The summed E-state index contributed by atoms with van der Waals surface area (Å²) >= 11 is 6.87. The maximum atomic E-state index is 10.8. The number of nitro groups is 1.